The monoisotopic (exact) mass is 320 g/mol. The van der Waals surface area contributed by atoms with Gasteiger partial charge in [0.2, 0.25) is 0 Å². The predicted molar refractivity (Wildman–Crippen MR) is 94.9 cm³/mol. The van der Waals surface area contributed by atoms with Crippen molar-refractivity contribution in [1.82, 2.24) is 0 Å². The van der Waals surface area contributed by atoms with E-state index in [0.717, 1.165) is 22.4 Å². The minimum Gasteiger partial charge on any atom is -0.497 e. The molecular formula is C21H20O3. The van der Waals surface area contributed by atoms with Gasteiger partial charge in [-0.25, -0.2) is 4.79 Å². The molecule has 0 amide bonds. The Morgan fingerprint density at radius 2 is 1.83 bits per heavy atom. The second kappa shape index (κ2) is 8.03. The van der Waals surface area contributed by atoms with Crippen LogP contribution in [-0.2, 0) is 9.53 Å². The summed E-state index contributed by atoms with van der Waals surface area (Å²) in [5.41, 5.74) is 3.18. The van der Waals surface area contributed by atoms with Crippen molar-refractivity contribution in [3.05, 3.63) is 77.4 Å². The lowest BCUT2D eigenvalue weighted by Crippen LogP contribution is -2.11. The van der Waals surface area contributed by atoms with E-state index in [0.29, 0.717) is 5.57 Å². The number of benzene rings is 2. The molecule has 0 N–H and O–H groups in total. The van der Waals surface area contributed by atoms with Gasteiger partial charge in [-0.1, -0.05) is 48.2 Å². The van der Waals surface area contributed by atoms with E-state index < -0.39 is 11.9 Å². The molecule has 0 fully saturated rings. The number of hydrogen-bond donors (Lipinski definition) is 0. The van der Waals surface area contributed by atoms with E-state index in [9.17, 15) is 4.79 Å². The highest BCUT2D eigenvalue weighted by Gasteiger charge is 2.19. The van der Waals surface area contributed by atoms with Crippen LogP contribution in [0.2, 0.25) is 0 Å². The summed E-state index contributed by atoms with van der Waals surface area (Å²) in [6.07, 6.45) is 0. The molecule has 0 saturated carbocycles. The molecule has 3 nitrogen and oxygen atoms in total. The number of methoxy groups -OCH3 is 2. The van der Waals surface area contributed by atoms with Crippen LogP contribution >= 0.6 is 0 Å². The van der Waals surface area contributed by atoms with Crippen LogP contribution in [0, 0.1) is 18.8 Å². The van der Waals surface area contributed by atoms with E-state index >= 15 is 0 Å². The molecule has 0 radical (unpaired) electrons. The smallest absolute Gasteiger partial charge is 0.334 e. The van der Waals surface area contributed by atoms with Crippen LogP contribution in [0.1, 0.15) is 22.6 Å². The zero-order valence-electron chi connectivity index (χ0n) is 14.1. The van der Waals surface area contributed by atoms with Gasteiger partial charge in [0.15, 0.2) is 0 Å². The van der Waals surface area contributed by atoms with Gasteiger partial charge >= 0.3 is 5.97 Å². The third-order valence-electron chi connectivity index (χ3n) is 3.62. The van der Waals surface area contributed by atoms with Crippen LogP contribution in [0.5, 0.6) is 5.75 Å². The fourth-order valence-corrected chi connectivity index (χ4v) is 2.30. The van der Waals surface area contributed by atoms with Crippen molar-refractivity contribution >= 4 is 5.97 Å². The number of carbonyl (C=O) groups excluding carboxylic acids is 1. The minimum absolute atomic E-state index is 0.323. The van der Waals surface area contributed by atoms with Crippen LogP contribution in [0.3, 0.4) is 0 Å². The largest absolute Gasteiger partial charge is 0.497 e. The van der Waals surface area contributed by atoms with Gasteiger partial charge < -0.3 is 9.47 Å². The Kier molecular flexibility index (Phi) is 5.81. The molecular weight excluding hydrogens is 300 g/mol. The number of hydrogen-bond acceptors (Lipinski definition) is 3. The molecule has 0 bridgehead atoms. The molecule has 0 spiro atoms. The summed E-state index contributed by atoms with van der Waals surface area (Å²) in [6, 6.07) is 15.3. The van der Waals surface area contributed by atoms with E-state index in [2.05, 4.69) is 18.4 Å². The molecule has 2 aromatic rings. The second-order valence-corrected chi connectivity index (χ2v) is 5.36. The molecule has 24 heavy (non-hydrogen) atoms. The van der Waals surface area contributed by atoms with E-state index in [4.69, 9.17) is 9.47 Å². The van der Waals surface area contributed by atoms with Crippen molar-refractivity contribution in [1.29, 1.82) is 0 Å². The van der Waals surface area contributed by atoms with Crippen LogP contribution in [0.15, 0.2) is 60.7 Å². The number of esters is 1. The summed E-state index contributed by atoms with van der Waals surface area (Å²) < 4.78 is 9.94. The fraction of sp³-hybridized carbons (Fsp3) is 0.190. The van der Waals surface area contributed by atoms with Crippen LogP contribution in [-0.4, -0.2) is 20.2 Å². The Morgan fingerprint density at radius 3 is 2.42 bits per heavy atom. The van der Waals surface area contributed by atoms with E-state index in [-0.39, 0.29) is 0 Å². The van der Waals surface area contributed by atoms with E-state index in [1.807, 2.05) is 55.5 Å². The van der Waals surface area contributed by atoms with Crippen molar-refractivity contribution in [2.24, 2.45) is 0 Å². The molecule has 122 valence electrons. The SMILES string of the molecule is C=C(C(=O)OC)[C@H](C#Cc1ccc(OC)cc1)c1cccc(C)c1. The maximum absolute atomic E-state index is 11.9. The van der Waals surface area contributed by atoms with Crippen LogP contribution < -0.4 is 4.74 Å². The Balaban J connectivity index is 2.37. The molecule has 0 unspecified atom stereocenters. The first-order valence-corrected chi connectivity index (χ1v) is 7.54. The highest BCUT2D eigenvalue weighted by molar-refractivity contribution is 5.90. The number of rotatable bonds is 4. The Labute approximate surface area is 142 Å². The maximum Gasteiger partial charge on any atom is 0.334 e. The van der Waals surface area contributed by atoms with Crippen LogP contribution in [0.4, 0.5) is 0 Å². The average Bonchev–Trinajstić information content (AvgIpc) is 2.61. The molecule has 0 aromatic heterocycles. The van der Waals surface area contributed by atoms with Crippen molar-refractivity contribution in [2.75, 3.05) is 14.2 Å². The number of aryl methyl sites for hydroxylation is 1. The van der Waals surface area contributed by atoms with Crippen molar-refractivity contribution in [3.8, 4) is 17.6 Å². The maximum atomic E-state index is 11.9. The summed E-state index contributed by atoms with van der Waals surface area (Å²) in [5, 5.41) is 0. The number of carbonyl (C=O) groups is 1. The summed E-state index contributed by atoms with van der Waals surface area (Å²) in [7, 11) is 2.96. The van der Waals surface area contributed by atoms with Crippen molar-refractivity contribution in [3.63, 3.8) is 0 Å². The van der Waals surface area contributed by atoms with E-state index in [1.165, 1.54) is 7.11 Å². The molecule has 2 rings (SSSR count). The second-order valence-electron chi connectivity index (χ2n) is 5.36. The molecule has 1 atom stereocenters. The summed E-state index contributed by atoms with van der Waals surface area (Å²) in [4.78, 5) is 11.9. The first-order valence-electron chi connectivity index (χ1n) is 7.54. The summed E-state index contributed by atoms with van der Waals surface area (Å²) >= 11 is 0. The van der Waals surface area contributed by atoms with Gasteiger partial charge in [-0.3, -0.25) is 0 Å². The Hall–Kier alpha value is -2.99. The zero-order chi connectivity index (χ0) is 17.5. The normalized spacial score (nSPS) is 11.0. The van der Waals surface area contributed by atoms with Gasteiger partial charge in [0.05, 0.1) is 20.1 Å². The van der Waals surface area contributed by atoms with Gasteiger partial charge in [0.1, 0.15) is 5.75 Å². The minimum atomic E-state index is -0.453. The van der Waals surface area contributed by atoms with Crippen LogP contribution in [0.25, 0.3) is 0 Å². The quantitative estimate of drug-likeness (QED) is 0.487. The molecule has 0 saturated heterocycles. The molecule has 0 heterocycles. The zero-order valence-corrected chi connectivity index (χ0v) is 14.1. The van der Waals surface area contributed by atoms with Gasteiger partial charge in [-0.05, 0) is 36.8 Å². The third-order valence-corrected chi connectivity index (χ3v) is 3.62. The van der Waals surface area contributed by atoms with Gasteiger partial charge in [0, 0.05) is 11.1 Å². The lowest BCUT2D eigenvalue weighted by Gasteiger charge is -2.13. The van der Waals surface area contributed by atoms with Crippen molar-refractivity contribution < 1.29 is 14.3 Å². The topological polar surface area (TPSA) is 35.5 Å². The summed E-state index contributed by atoms with van der Waals surface area (Å²) in [5.74, 6) is 6.14. The molecule has 0 aliphatic carbocycles. The Bertz CT molecular complexity index is 792. The fourth-order valence-electron chi connectivity index (χ4n) is 2.30. The molecule has 3 heteroatoms. The number of ether oxygens (including phenoxy) is 2. The van der Waals surface area contributed by atoms with Gasteiger partial charge in [-0.15, -0.1) is 0 Å². The molecule has 0 aliphatic heterocycles. The standard InChI is InChI=1S/C21H20O3/c1-15-6-5-7-18(14-15)20(16(2)21(22)24-4)13-10-17-8-11-19(23-3)12-9-17/h5-9,11-12,14,20H,2H2,1,3-4H3/t20-/m0/s1. The Morgan fingerprint density at radius 1 is 1.12 bits per heavy atom. The molecule has 2 aromatic carbocycles. The predicted octanol–water partition coefficient (Wildman–Crippen LogP) is 3.87. The summed E-state index contributed by atoms with van der Waals surface area (Å²) in [6.45, 7) is 5.87. The van der Waals surface area contributed by atoms with Crippen molar-refractivity contribution in [2.45, 2.75) is 12.8 Å². The highest BCUT2D eigenvalue weighted by Crippen LogP contribution is 2.24. The lowest BCUT2D eigenvalue weighted by atomic mass is 9.91. The lowest BCUT2D eigenvalue weighted by molar-refractivity contribution is -0.136. The highest BCUT2D eigenvalue weighted by atomic mass is 16.5. The first-order chi connectivity index (χ1) is 11.5. The van der Waals surface area contributed by atoms with Gasteiger partial charge in [0.25, 0.3) is 0 Å². The average molecular weight is 320 g/mol. The third kappa shape index (κ3) is 4.27. The van der Waals surface area contributed by atoms with Gasteiger partial charge in [-0.2, -0.15) is 0 Å². The van der Waals surface area contributed by atoms with E-state index in [1.54, 1.807) is 7.11 Å². The first kappa shape index (κ1) is 17.4. The molecule has 0 aliphatic rings.